The van der Waals surface area contributed by atoms with Crippen LogP contribution in [0.3, 0.4) is 0 Å². The normalized spacial score (nSPS) is 19.3. The minimum Gasteiger partial charge on any atom is -0.449 e. The molecule has 1 aliphatic heterocycles. The van der Waals surface area contributed by atoms with Crippen LogP contribution in [0.2, 0.25) is 0 Å². The number of amides is 1. The first-order chi connectivity index (χ1) is 13.2. The van der Waals surface area contributed by atoms with Crippen molar-refractivity contribution in [3.8, 4) is 0 Å². The van der Waals surface area contributed by atoms with E-state index in [-0.39, 0.29) is 23.5 Å². The maximum Gasteiger partial charge on any atom is 0.339 e. The molecule has 0 unspecified atom stereocenters. The van der Waals surface area contributed by atoms with E-state index in [2.05, 4.69) is 4.98 Å². The number of fused-ring (bicyclic) bond motifs is 1. The molecule has 0 aliphatic carbocycles. The maximum absolute atomic E-state index is 12.8. The van der Waals surface area contributed by atoms with Crippen molar-refractivity contribution in [3.63, 3.8) is 0 Å². The van der Waals surface area contributed by atoms with Gasteiger partial charge in [-0.25, -0.2) is 13.2 Å². The number of aromatic nitrogens is 1. The van der Waals surface area contributed by atoms with Crippen molar-refractivity contribution in [1.82, 2.24) is 9.88 Å². The van der Waals surface area contributed by atoms with Crippen molar-refractivity contribution in [3.05, 3.63) is 41.6 Å². The lowest BCUT2D eigenvalue weighted by molar-refractivity contribution is -0.141. The third-order valence-corrected chi connectivity index (χ3v) is 6.72. The van der Waals surface area contributed by atoms with E-state index < -0.39 is 21.9 Å². The number of hydrogen-bond acceptors (Lipinski definition) is 6. The predicted octanol–water partition coefficient (Wildman–Crippen LogP) is 2.12. The Morgan fingerprint density at radius 3 is 2.68 bits per heavy atom. The molecule has 7 nitrogen and oxygen atoms in total. The first-order valence-corrected chi connectivity index (χ1v) is 11.1. The molecule has 1 aromatic heterocycles. The molecule has 2 heterocycles. The first kappa shape index (κ1) is 20.3. The number of hydrogen-bond donors (Lipinski definition) is 0. The second kappa shape index (κ2) is 7.87. The highest BCUT2D eigenvalue weighted by molar-refractivity contribution is 7.91. The van der Waals surface area contributed by atoms with Gasteiger partial charge in [-0.3, -0.25) is 9.78 Å². The van der Waals surface area contributed by atoms with Crippen molar-refractivity contribution >= 4 is 32.6 Å². The Labute approximate surface area is 164 Å². The van der Waals surface area contributed by atoms with Gasteiger partial charge in [0, 0.05) is 23.7 Å². The third kappa shape index (κ3) is 4.16. The van der Waals surface area contributed by atoms with Gasteiger partial charge in [0.1, 0.15) is 0 Å². The Bertz CT molecular complexity index is 1020. The molecule has 2 aromatic rings. The molecule has 1 amide bonds. The van der Waals surface area contributed by atoms with Gasteiger partial charge in [0.2, 0.25) is 0 Å². The molecule has 3 rings (SSSR count). The minimum absolute atomic E-state index is 0.0402. The Morgan fingerprint density at radius 1 is 1.32 bits per heavy atom. The van der Waals surface area contributed by atoms with Gasteiger partial charge < -0.3 is 9.64 Å². The molecule has 1 aliphatic rings. The van der Waals surface area contributed by atoms with Crippen molar-refractivity contribution < 1.29 is 22.7 Å². The molecule has 0 spiro atoms. The van der Waals surface area contributed by atoms with E-state index in [1.165, 1.54) is 11.8 Å². The van der Waals surface area contributed by atoms with E-state index in [1.54, 1.807) is 26.0 Å². The summed E-state index contributed by atoms with van der Waals surface area (Å²) in [5, 5.41) is 0.659. The standard InChI is InChI=1S/C20H24N2O5S/c1-4-22(15-9-10-28(25,26)12-15)19(23)14(3)27-20(24)17-11-13(2)21-18-8-6-5-7-16(17)18/h5-8,11,14-15H,4,9-10,12H2,1-3H3/t14-,15-/m1/s1. The van der Waals surface area contributed by atoms with Crippen molar-refractivity contribution in [2.75, 3.05) is 18.1 Å². The summed E-state index contributed by atoms with van der Waals surface area (Å²) in [7, 11) is -3.11. The zero-order valence-corrected chi connectivity index (χ0v) is 17.0. The molecule has 0 bridgehead atoms. The zero-order valence-electron chi connectivity index (χ0n) is 16.2. The molecule has 2 atom stereocenters. The number of sulfone groups is 1. The lowest BCUT2D eigenvalue weighted by Gasteiger charge is -2.29. The molecule has 1 fully saturated rings. The summed E-state index contributed by atoms with van der Waals surface area (Å²) in [6.45, 7) is 5.45. The van der Waals surface area contributed by atoms with E-state index in [4.69, 9.17) is 4.74 Å². The van der Waals surface area contributed by atoms with Gasteiger partial charge >= 0.3 is 5.97 Å². The van der Waals surface area contributed by atoms with Crippen LogP contribution in [0.1, 0.15) is 36.3 Å². The second-order valence-electron chi connectivity index (χ2n) is 7.06. The van der Waals surface area contributed by atoms with Gasteiger partial charge in [0.15, 0.2) is 15.9 Å². The van der Waals surface area contributed by atoms with E-state index in [0.29, 0.717) is 35.1 Å². The Kier molecular flexibility index (Phi) is 5.69. The van der Waals surface area contributed by atoms with Crippen molar-refractivity contribution in [2.45, 2.75) is 39.3 Å². The fraction of sp³-hybridized carbons (Fsp3) is 0.450. The summed E-state index contributed by atoms with van der Waals surface area (Å²) in [4.78, 5) is 31.5. The van der Waals surface area contributed by atoms with Crippen LogP contribution in [-0.4, -0.2) is 60.4 Å². The third-order valence-electron chi connectivity index (χ3n) is 4.97. The summed E-state index contributed by atoms with van der Waals surface area (Å²) in [5.41, 5.74) is 1.71. The number of carbonyl (C=O) groups excluding carboxylic acids is 2. The van der Waals surface area contributed by atoms with Crippen molar-refractivity contribution in [1.29, 1.82) is 0 Å². The van der Waals surface area contributed by atoms with E-state index >= 15 is 0 Å². The summed E-state index contributed by atoms with van der Waals surface area (Å²) < 4.78 is 28.9. The van der Waals surface area contributed by atoms with Crippen molar-refractivity contribution in [2.24, 2.45) is 0 Å². The first-order valence-electron chi connectivity index (χ1n) is 9.30. The predicted molar refractivity (Wildman–Crippen MR) is 106 cm³/mol. The van der Waals surface area contributed by atoms with Crippen LogP contribution in [-0.2, 0) is 19.4 Å². The summed E-state index contributed by atoms with van der Waals surface area (Å²) >= 11 is 0. The van der Waals surface area contributed by atoms with Gasteiger partial charge in [0.25, 0.3) is 5.91 Å². The summed E-state index contributed by atoms with van der Waals surface area (Å²) in [5.74, 6) is -0.940. The van der Waals surface area contributed by atoms with Crippen LogP contribution in [0, 0.1) is 6.92 Å². The number of rotatable bonds is 5. The van der Waals surface area contributed by atoms with Gasteiger partial charge in [-0.05, 0) is 39.3 Å². The van der Waals surface area contributed by atoms with E-state index in [0.717, 1.165) is 0 Å². The number of para-hydroxylation sites is 1. The largest absolute Gasteiger partial charge is 0.449 e. The van der Waals surface area contributed by atoms with Crippen LogP contribution < -0.4 is 0 Å². The lowest BCUT2D eigenvalue weighted by Crippen LogP contribution is -2.46. The molecular formula is C20H24N2O5S. The van der Waals surface area contributed by atoms with E-state index in [1.807, 2.05) is 18.2 Å². The summed E-state index contributed by atoms with van der Waals surface area (Å²) in [6, 6.07) is 8.52. The number of pyridine rings is 1. The number of benzene rings is 1. The van der Waals surface area contributed by atoms with Gasteiger partial charge in [-0.15, -0.1) is 0 Å². The average molecular weight is 404 g/mol. The fourth-order valence-corrected chi connectivity index (χ4v) is 5.33. The lowest BCUT2D eigenvalue weighted by atomic mass is 10.1. The van der Waals surface area contributed by atoms with Gasteiger partial charge in [0.05, 0.1) is 22.6 Å². The topological polar surface area (TPSA) is 93.6 Å². The van der Waals surface area contributed by atoms with Gasteiger partial charge in [-0.1, -0.05) is 18.2 Å². The SMILES string of the molecule is CCN(C(=O)[C@@H](C)OC(=O)c1cc(C)nc2ccccc12)[C@@H]1CCS(=O)(=O)C1. The molecule has 0 radical (unpaired) electrons. The molecular weight excluding hydrogens is 380 g/mol. The number of likely N-dealkylation sites (N-methyl/N-ethyl adjacent to an activating group) is 1. The number of ether oxygens (including phenoxy) is 1. The highest BCUT2D eigenvalue weighted by Crippen LogP contribution is 2.22. The molecule has 0 saturated carbocycles. The van der Waals surface area contributed by atoms with Crippen LogP contribution in [0.5, 0.6) is 0 Å². The average Bonchev–Trinajstić information content (AvgIpc) is 3.00. The Hall–Kier alpha value is -2.48. The van der Waals surface area contributed by atoms with Crippen LogP contribution in [0.15, 0.2) is 30.3 Å². The van der Waals surface area contributed by atoms with Crippen LogP contribution in [0.4, 0.5) is 0 Å². The monoisotopic (exact) mass is 404 g/mol. The smallest absolute Gasteiger partial charge is 0.339 e. The van der Waals surface area contributed by atoms with Gasteiger partial charge in [-0.2, -0.15) is 0 Å². The number of aryl methyl sites for hydroxylation is 1. The molecule has 0 N–H and O–H groups in total. The quantitative estimate of drug-likeness (QED) is 0.709. The van der Waals surface area contributed by atoms with E-state index in [9.17, 15) is 18.0 Å². The van der Waals surface area contributed by atoms with Crippen LogP contribution in [0.25, 0.3) is 10.9 Å². The summed E-state index contributed by atoms with van der Waals surface area (Å²) in [6.07, 6.45) is -0.598. The molecule has 8 heteroatoms. The molecule has 150 valence electrons. The minimum atomic E-state index is -3.11. The molecule has 1 aromatic carbocycles. The Morgan fingerprint density at radius 2 is 2.04 bits per heavy atom. The zero-order chi connectivity index (χ0) is 20.5. The van der Waals surface area contributed by atoms with Crippen LogP contribution >= 0.6 is 0 Å². The number of nitrogens with zero attached hydrogens (tertiary/aromatic N) is 2. The number of esters is 1. The number of carbonyl (C=O) groups is 2. The Balaban J connectivity index is 1.78. The molecule has 1 saturated heterocycles. The highest BCUT2D eigenvalue weighted by Gasteiger charge is 2.36. The molecule has 28 heavy (non-hydrogen) atoms. The fourth-order valence-electron chi connectivity index (χ4n) is 3.60. The maximum atomic E-state index is 12.8. The highest BCUT2D eigenvalue weighted by atomic mass is 32.2. The second-order valence-corrected chi connectivity index (χ2v) is 9.29.